The molecule has 1 N–H and O–H groups in total. The highest BCUT2D eigenvalue weighted by molar-refractivity contribution is 6.25. The summed E-state index contributed by atoms with van der Waals surface area (Å²) in [6.07, 6.45) is 1.66. The Morgan fingerprint density at radius 2 is 2.06 bits per heavy atom. The third-order valence-electron chi connectivity index (χ3n) is 3.09. The van der Waals surface area contributed by atoms with Gasteiger partial charge in [-0.15, -0.1) is 0 Å². The molecule has 4 nitrogen and oxygen atoms in total. The van der Waals surface area contributed by atoms with Gasteiger partial charge in [0, 0.05) is 12.1 Å². The van der Waals surface area contributed by atoms with Crippen LogP contribution < -0.4 is 5.32 Å². The Bertz CT molecular complexity index is 350. The van der Waals surface area contributed by atoms with E-state index in [1.54, 1.807) is 24.8 Å². The summed E-state index contributed by atoms with van der Waals surface area (Å²) in [6.45, 7) is 7.65. The summed E-state index contributed by atoms with van der Waals surface area (Å²) in [6, 6.07) is -0.445. The summed E-state index contributed by atoms with van der Waals surface area (Å²) < 4.78 is 0. The number of nitrogens with zero attached hydrogens (tertiary/aromatic N) is 1. The zero-order valence-electron chi connectivity index (χ0n) is 10.7. The first-order valence-corrected chi connectivity index (χ1v) is 6.13. The van der Waals surface area contributed by atoms with Crippen LogP contribution in [0.2, 0.25) is 0 Å². The predicted octanol–water partition coefficient (Wildman–Crippen LogP) is 1.50. The van der Waals surface area contributed by atoms with Gasteiger partial charge in [0.05, 0.1) is 0 Å². The molecule has 1 fully saturated rings. The molecule has 1 saturated heterocycles. The van der Waals surface area contributed by atoms with Crippen LogP contribution in [0.5, 0.6) is 0 Å². The van der Waals surface area contributed by atoms with Crippen molar-refractivity contribution in [2.24, 2.45) is 5.92 Å². The molecule has 1 aliphatic rings. The van der Waals surface area contributed by atoms with Crippen LogP contribution in [0.3, 0.4) is 0 Å². The molecule has 0 aromatic carbocycles. The third-order valence-corrected chi connectivity index (χ3v) is 3.27. The average Bonchev–Trinajstić information content (AvgIpc) is 2.23. The van der Waals surface area contributed by atoms with E-state index in [9.17, 15) is 9.59 Å². The van der Waals surface area contributed by atoms with Crippen molar-refractivity contribution in [3.63, 3.8) is 0 Å². The van der Waals surface area contributed by atoms with Crippen LogP contribution in [-0.4, -0.2) is 34.8 Å². The van der Waals surface area contributed by atoms with Gasteiger partial charge < -0.3 is 10.2 Å². The van der Waals surface area contributed by atoms with E-state index in [1.165, 1.54) is 5.54 Å². The molecule has 1 aliphatic heterocycles. The minimum atomic E-state index is -0.834. The molecule has 17 heavy (non-hydrogen) atoms. The van der Waals surface area contributed by atoms with Gasteiger partial charge >= 0.3 is 0 Å². The summed E-state index contributed by atoms with van der Waals surface area (Å²) in [7, 11) is 0. The van der Waals surface area contributed by atoms with Crippen molar-refractivity contribution in [3.05, 3.63) is 11.6 Å². The van der Waals surface area contributed by atoms with Crippen molar-refractivity contribution in [1.29, 1.82) is 0 Å². The number of carbonyl (C=O) groups is 2. The fourth-order valence-electron chi connectivity index (χ4n) is 1.86. The molecule has 0 aromatic heterocycles. The second-order valence-corrected chi connectivity index (χ2v) is 5.32. The maximum absolute atomic E-state index is 12.3. The summed E-state index contributed by atoms with van der Waals surface area (Å²) in [5, 5.41) is 2.78. The molecule has 0 saturated carbocycles. The normalized spacial score (nSPS) is 24.6. The van der Waals surface area contributed by atoms with Crippen LogP contribution in [-0.2, 0) is 9.59 Å². The SMILES string of the molecule is CC(C)C1NC(=O)C(C)(C)N(C/C=C/Cl)C1=O. The molecule has 1 rings (SSSR count). The van der Waals surface area contributed by atoms with Gasteiger partial charge in [-0.25, -0.2) is 0 Å². The molecule has 1 unspecified atom stereocenters. The van der Waals surface area contributed by atoms with Crippen LogP contribution in [0.15, 0.2) is 11.6 Å². The van der Waals surface area contributed by atoms with Gasteiger partial charge in [-0.05, 0) is 19.8 Å². The molecule has 0 radical (unpaired) electrons. The molecule has 96 valence electrons. The van der Waals surface area contributed by atoms with Crippen molar-refractivity contribution in [2.75, 3.05) is 6.54 Å². The maximum atomic E-state index is 12.3. The molecular formula is C12H19ClN2O2. The van der Waals surface area contributed by atoms with Gasteiger partial charge in [-0.1, -0.05) is 31.5 Å². The zero-order chi connectivity index (χ0) is 13.2. The van der Waals surface area contributed by atoms with E-state index in [1.807, 2.05) is 13.8 Å². The summed E-state index contributed by atoms with van der Waals surface area (Å²) in [5.41, 5.74) is 0.527. The van der Waals surface area contributed by atoms with Gasteiger partial charge in [0.1, 0.15) is 11.6 Å². The van der Waals surface area contributed by atoms with Crippen LogP contribution in [0.25, 0.3) is 0 Å². The van der Waals surface area contributed by atoms with Crippen LogP contribution >= 0.6 is 11.6 Å². The van der Waals surface area contributed by atoms with Gasteiger partial charge in [0.2, 0.25) is 11.8 Å². The van der Waals surface area contributed by atoms with Gasteiger partial charge in [0.25, 0.3) is 0 Å². The number of hydrogen-bond donors (Lipinski definition) is 1. The van der Waals surface area contributed by atoms with Crippen LogP contribution in [0.4, 0.5) is 0 Å². The Labute approximate surface area is 107 Å². The fraction of sp³-hybridized carbons (Fsp3) is 0.667. The Hall–Kier alpha value is -1.03. The molecule has 1 atom stereocenters. The Morgan fingerprint density at radius 1 is 1.47 bits per heavy atom. The lowest BCUT2D eigenvalue weighted by Crippen LogP contribution is -2.69. The zero-order valence-corrected chi connectivity index (χ0v) is 11.4. The minimum Gasteiger partial charge on any atom is -0.342 e. The number of hydrogen-bond acceptors (Lipinski definition) is 2. The Balaban J connectivity index is 3.01. The number of nitrogens with one attached hydrogen (secondary N) is 1. The molecule has 0 bridgehead atoms. The average molecular weight is 259 g/mol. The Kier molecular flexibility index (Phi) is 4.20. The standard InChI is InChI=1S/C12H19ClN2O2/c1-8(2)9-10(16)15(7-5-6-13)12(3,4)11(17)14-9/h5-6,8-9H,7H2,1-4H3,(H,14,17)/b6-5+. The van der Waals surface area contributed by atoms with Gasteiger partial charge in [0.15, 0.2) is 0 Å². The summed E-state index contributed by atoms with van der Waals surface area (Å²) >= 11 is 5.48. The lowest BCUT2D eigenvalue weighted by molar-refractivity contribution is -0.155. The van der Waals surface area contributed by atoms with Crippen LogP contribution in [0, 0.1) is 5.92 Å². The predicted molar refractivity (Wildman–Crippen MR) is 67.6 cm³/mol. The highest BCUT2D eigenvalue weighted by Gasteiger charge is 2.46. The summed E-state index contributed by atoms with van der Waals surface area (Å²) in [4.78, 5) is 25.8. The first-order valence-electron chi connectivity index (χ1n) is 5.70. The third kappa shape index (κ3) is 2.63. The van der Waals surface area contributed by atoms with E-state index in [0.29, 0.717) is 6.54 Å². The highest BCUT2D eigenvalue weighted by Crippen LogP contribution is 2.23. The topological polar surface area (TPSA) is 49.4 Å². The number of piperazine rings is 1. The fourth-order valence-corrected chi connectivity index (χ4v) is 1.94. The van der Waals surface area contributed by atoms with Crippen molar-refractivity contribution < 1.29 is 9.59 Å². The van der Waals surface area contributed by atoms with Crippen molar-refractivity contribution in [3.8, 4) is 0 Å². The smallest absolute Gasteiger partial charge is 0.246 e. The van der Waals surface area contributed by atoms with E-state index in [0.717, 1.165) is 0 Å². The quantitative estimate of drug-likeness (QED) is 0.834. The van der Waals surface area contributed by atoms with Crippen molar-refractivity contribution in [1.82, 2.24) is 10.2 Å². The number of amides is 2. The van der Waals surface area contributed by atoms with E-state index < -0.39 is 11.6 Å². The van der Waals surface area contributed by atoms with E-state index >= 15 is 0 Å². The van der Waals surface area contributed by atoms with E-state index in [2.05, 4.69) is 5.32 Å². The minimum absolute atomic E-state index is 0.0561. The van der Waals surface area contributed by atoms with Crippen LogP contribution in [0.1, 0.15) is 27.7 Å². The second-order valence-electron chi connectivity index (χ2n) is 5.06. The van der Waals surface area contributed by atoms with Gasteiger partial charge in [-0.2, -0.15) is 0 Å². The molecular weight excluding hydrogens is 240 g/mol. The Morgan fingerprint density at radius 3 is 2.53 bits per heavy atom. The monoisotopic (exact) mass is 258 g/mol. The number of carbonyl (C=O) groups excluding carboxylic acids is 2. The molecule has 0 spiro atoms. The largest absolute Gasteiger partial charge is 0.342 e. The molecule has 0 aromatic rings. The maximum Gasteiger partial charge on any atom is 0.246 e. The highest BCUT2D eigenvalue weighted by atomic mass is 35.5. The first kappa shape index (κ1) is 14.0. The second kappa shape index (κ2) is 5.08. The molecule has 0 aliphatic carbocycles. The summed E-state index contributed by atoms with van der Waals surface area (Å²) in [5.74, 6) is -0.108. The van der Waals surface area contributed by atoms with E-state index in [4.69, 9.17) is 11.6 Å². The number of halogens is 1. The van der Waals surface area contributed by atoms with Crippen molar-refractivity contribution in [2.45, 2.75) is 39.3 Å². The van der Waals surface area contributed by atoms with E-state index in [-0.39, 0.29) is 17.7 Å². The molecule has 5 heteroatoms. The van der Waals surface area contributed by atoms with Crippen molar-refractivity contribution >= 4 is 23.4 Å². The molecule has 2 amide bonds. The number of rotatable bonds is 3. The lowest BCUT2D eigenvalue weighted by Gasteiger charge is -2.44. The molecule has 1 heterocycles. The van der Waals surface area contributed by atoms with Gasteiger partial charge in [-0.3, -0.25) is 9.59 Å². The lowest BCUT2D eigenvalue weighted by atomic mass is 9.91. The first-order chi connectivity index (χ1) is 7.82.